The van der Waals surface area contributed by atoms with Crippen LogP contribution in [0.4, 0.5) is 10.5 Å². The standard InChI is InChI=1S/C12H16N2O5S/c1-14(7-8-20(2,18)19)12(17)13-10-5-3-9(4-6-10)11(15)16/h3-6H,7-8H2,1-2H3,(H,13,17)(H,15,16). The Morgan fingerprint density at radius 2 is 1.80 bits per heavy atom. The third kappa shape index (κ3) is 5.27. The van der Waals surface area contributed by atoms with E-state index in [0.29, 0.717) is 5.69 Å². The summed E-state index contributed by atoms with van der Waals surface area (Å²) in [5.41, 5.74) is 0.555. The van der Waals surface area contributed by atoms with Crippen LogP contribution in [-0.2, 0) is 9.84 Å². The third-order valence-corrected chi connectivity index (χ3v) is 3.45. The molecule has 0 aromatic heterocycles. The molecule has 1 rings (SSSR count). The second-order valence-corrected chi connectivity index (χ2v) is 6.62. The molecule has 0 spiro atoms. The summed E-state index contributed by atoms with van der Waals surface area (Å²) in [7, 11) is -1.65. The van der Waals surface area contributed by atoms with Crippen molar-refractivity contribution in [2.24, 2.45) is 0 Å². The first kappa shape index (κ1) is 16.0. The highest BCUT2D eigenvalue weighted by Gasteiger charge is 2.12. The van der Waals surface area contributed by atoms with Crippen molar-refractivity contribution in [1.82, 2.24) is 4.90 Å². The Labute approximate surface area is 117 Å². The number of carbonyl (C=O) groups excluding carboxylic acids is 1. The Bertz CT molecular complexity index is 595. The topological polar surface area (TPSA) is 104 Å². The number of hydrogen-bond donors (Lipinski definition) is 2. The highest BCUT2D eigenvalue weighted by molar-refractivity contribution is 7.90. The molecule has 1 aromatic rings. The summed E-state index contributed by atoms with van der Waals surface area (Å²) in [6, 6.07) is 5.21. The highest BCUT2D eigenvalue weighted by atomic mass is 32.2. The fourth-order valence-electron chi connectivity index (χ4n) is 1.32. The number of aromatic carboxylic acids is 1. The van der Waals surface area contributed by atoms with Crippen LogP contribution in [0.25, 0.3) is 0 Å². The molecule has 0 aliphatic carbocycles. The molecule has 0 saturated heterocycles. The Morgan fingerprint density at radius 1 is 1.25 bits per heavy atom. The largest absolute Gasteiger partial charge is 0.478 e. The van der Waals surface area contributed by atoms with Crippen molar-refractivity contribution in [3.05, 3.63) is 29.8 Å². The molecule has 0 unspecified atom stereocenters. The number of sulfone groups is 1. The van der Waals surface area contributed by atoms with Gasteiger partial charge in [-0.15, -0.1) is 0 Å². The molecule has 0 heterocycles. The van der Waals surface area contributed by atoms with Gasteiger partial charge in [0.15, 0.2) is 0 Å². The highest BCUT2D eigenvalue weighted by Crippen LogP contribution is 2.10. The molecule has 20 heavy (non-hydrogen) atoms. The average Bonchev–Trinajstić information content (AvgIpc) is 2.35. The lowest BCUT2D eigenvalue weighted by atomic mass is 10.2. The number of nitrogens with one attached hydrogen (secondary N) is 1. The van der Waals surface area contributed by atoms with Crippen molar-refractivity contribution in [3.8, 4) is 0 Å². The fourth-order valence-corrected chi connectivity index (χ4v) is 1.92. The minimum atomic E-state index is -3.13. The summed E-state index contributed by atoms with van der Waals surface area (Å²) in [5.74, 6) is -1.16. The van der Waals surface area contributed by atoms with E-state index in [1.807, 2.05) is 0 Å². The van der Waals surface area contributed by atoms with Crippen molar-refractivity contribution in [3.63, 3.8) is 0 Å². The predicted octanol–water partition coefficient (Wildman–Crippen LogP) is 0.893. The lowest BCUT2D eigenvalue weighted by molar-refractivity contribution is 0.0697. The van der Waals surface area contributed by atoms with Gasteiger partial charge >= 0.3 is 12.0 Å². The number of carboxylic acids is 1. The molecule has 1 aromatic carbocycles. The van der Waals surface area contributed by atoms with Crippen LogP contribution >= 0.6 is 0 Å². The van der Waals surface area contributed by atoms with Gasteiger partial charge in [0.05, 0.1) is 11.3 Å². The summed E-state index contributed by atoms with van der Waals surface area (Å²) in [6.45, 7) is 0.0812. The Morgan fingerprint density at radius 3 is 2.25 bits per heavy atom. The lowest BCUT2D eigenvalue weighted by Crippen LogP contribution is -2.34. The number of carbonyl (C=O) groups is 2. The zero-order valence-electron chi connectivity index (χ0n) is 11.2. The number of carboxylic acid groups (broad SMARTS) is 1. The zero-order valence-corrected chi connectivity index (χ0v) is 12.0. The minimum absolute atomic E-state index is 0.0812. The van der Waals surface area contributed by atoms with Gasteiger partial charge in [-0.25, -0.2) is 18.0 Å². The number of amides is 2. The van der Waals surface area contributed by atoms with E-state index in [9.17, 15) is 18.0 Å². The van der Waals surface area contributed by atoms with E-state index in [1.54, 1.807) is 0 Å². The molecule has 0 aliphatic rings. The smallest absolute Gasteiger partial charge is 0.335 e. The fraction of sp³-hybridized carbons (Fsp3) is 0.333. The van der Waals surface area contributed by atoms with E-state index in [1.165, 1.54) is 36.2 Å². The number of rotatable bonds is 5. The molecule has 2 amide bonds. The van der Waals surface area contributed by atoms with Gasteiger partial charge in [0.2, 0.25) is 0 Å². The monoisotopic (exact) mass is 300 g/mol. The van der Waals surface area contributed by atoms with Gasteiger partial charge in [0.25, 0.3) is 0 Å². The number of anilines is 1. The molecule has 110 valence electrons. The minimum Gasteiger partial charge on any atom is -0.478 e. The Hall–Kier alpha value is -2.09. The van der Waals surface area contributed by atoms with E-state index in [2.05, 4.69) is 5.32 Å². The SMILES string of the molecule is CN(CCS(C)(=O)=O)C(=O)Nc1ccc(C(=O)O)cc1. The third-order valence-electron chi connectivity index (χ3n) is 2.53. The molecule has 8 heteroatoms. The van der Waals surface area contributed by atoms with Crippen molar-refractivity contribution in [1.29, 1.82) is 0 Å². The molecule has 0 radical (unpaired) electrons. The predicted molar refractivity (Wildman–Crippen MR) is 74.8 cm³/mol. The first-order chi connectivity index (χ1) is 9.19. The summed E-state index contributed by atoms with van der Waals surface area (Å²) in [4.78, 5) is 23.7. The summed E-state index contributed by atoms with van der Waals surface area (Å²) >= 11 is 0. The molecule has 0 atom stereocenters. The molecular formula is C12H16N2O5S. The first-order valence-corrected chi connectivity index (χ1v) is 7.78. The number of benzene rings is 1. The normalized spacial score (nSPS) is 10.9. The van der Waals surface area contributed by atoms with Gasteiger partial charge in [-0.05, 0) is 24.3 Å². The van der Waals surface area contributed by atoms with Crippen molar-refractivity contribution in [2.75, 3.05) is 30.9 Å². The van der Waals surface area contributed by atoms with E-state index in [-0.39, 0.29) is 17.9 Å². The molecular weight excluding hydrogens is 284 g/mol. The molecule has 7 nitrogen and oxygen atoms in total. The number of hydrogen-bond acceptors (Lipinski definition) is 4. The quantitative estimate of drug-likeness (QED) is 0.840. The van der Waals surface area contributed by atoms with Gasteiger partial charge in [-0.1, -0.05) is 0 Å². The maximum Gasteiger partial charge on any atom is 0.335 e. The Balaban J connectivity index is 2.59. The Kier molecular flexibility index (Phi) is 5.09. The molecule has 0 aliphatic heterocycles. The second kappa shape index (κ2) is 6.38. The van der Waals surface area contributed by atoms with Gasteiger partial charge in [0.1, 0.15) is 9.84 Å². The molecule has 0 bridgehead atoms. The maximum atomic E-state index is 11.8. The molecule has 0 fully saturated rings. The molecule has 0 saturated carbocycles. The van der Waals surface area contributed by atoms with Crippen LogP contribution in [0, 0.1) is 0 Å². The van der Waals surface area contributed by atoms with Crippen LogP contribution in [0.2, 0.25) is 0 Å². The summed E-state index contributed by atoms with van der Waals surface area (Å²) < 4.78 is 22.0. The van der Waals surface area contributed by atoms with Crippen molar-refractivity contribution in [2.45, 2.75) is 0 Å². The van der Waals surface area contributed by atoms with Gasteiger partial charge in [0, 0.05) is 25.5 Å². The van der Waals surface area contributed by atoms with E-state index in [0.717, 1.165) is 6.26 Å². The maximum absolute atomic E-state index is 11.8. The van der Waals surface area contributed by atoms with Gasteiger partial charge in [-0.2, -0.15) is 0 Å². The van der Waals surface area contributed by atoms with Gasteiger partial charge < -0.3 is 15.3 Å². The van der Waals surface area contributed by atoms with Crippen molar-refractivity contribution < 1.29 is 23.1 Å². The summed E-state index contributed by atoms with van der Waals surface area (Å²) in [6.07, 6.45) is 1.10. The van der Waals surface area contributed by atoms with Crippen LogP contribution in [0.5, 0.6) is 0 Å². The van der Waals surface area contributed by atoms with Gasteiger partial charge in [-0.3, -0.25) is 0 Å². The van der Waals surface area contributed by atoms with Crippen LogP contribution < -0.4 is 5.32 Å². The number of urea groups is 1. The van der Waals surface area contributed by atoms with Crippen LogP contribution in [0.3, 0.4) is 0 Å². The van der Waals surface area contributed by atoms with Crippen molar-refractivity contribution >= 4 is 27.5 Å². The summed E-state index contributed by atoms with van der Waals surface area (Å²) in [5, 5.41) is 11.3. The van der Waals surface area contributed by atoms with E-state index >= 15 is 0 Å². The second-order valence-electron chi connectivity index (χ2n) is 4.36. The molecule has 2 N–H and O–H groups in total. The van der Waals surface area contributed by atoms with E-state index in [4.69, 9.17) is 5.11 Å². The number of nitrogens with zero attached hydrogens (tertiary/aromatic N) is 1. The zero-order chi connectivity index (χ0) is 15.3. The van der Waals surface area contributed by atoms with Crippen LogP contribution in [0.15, 0.2) is 24.3 Å². The average molecular weight is 300 g/mol. The van der Waals surface area contributed by atoms with Crippen LogP contribution in [-0.4, -0.2) is 56.0 Å². The van der Waals surface area contributed by atoms with Crippen LogP contribution in [0.1, 0.15) is 10.4 Å². The van der Waals surface area contributed by atoms with E-state index < -0.39 is 21.8 Å². The lowest BCUT2D eigenvalue weighted by Gasteiger charge is -2.17. The first-order valence-electron chi connectivity index (χ1n) is 5.72.